The highest BCUT2D eigenvalue weighted by Crippen LogP contribution is 2.35. The Morgan fingerprint density at radius 2 is 1.87 bits per heavy atom. The highest BCUT2D eigenvalue weighted by Gasteiger charge is 2.28. The Bertz CT molecular complexity index is 988. The predicted molar refractivity (Wildman–Crippen MR) is 87.7 cm³/mol. The third-order valence-electron chi connectivity index (χ3n) is 3.65. The lowest BCUT2D eigenvalue weighted by Crippen LogP contribution is -2.04. The summed E-state index contributed by atoms with van der Waals surface area (Å²) >= 11 is 0. The van der Waals surface area contributed by atoms with Crippen molar-refractivity contribution in [3.05, 3.63) is 60.8 Å². The zero-order chi connectivity index (χ0) is 16.6. The summed E-state index contributed by atoms with van der Waals surface area (Å²) in [4.78, 5) is 0.161. The van der Waals surface area contributed by atoms with E-state index < -0.39 is 9.84 Å². The molecule has 1 N–H and O–H groups in total. The van der Waals surface area contributed by atoms with Crippen LogP contribution in [-0.2, 0) is 9.84 Å². The minimum absolute atomic E-state index is 0.00935. The molecule has 6 heteroatoms. The van der Waals surface area contributed by atoms with Crippen molar-refractivity contribution < 1.29 is 18.4 Å². The third-order valence-corrected chi connectivity index (χ3v) is 5.51. The molecular weight excluding hydrogens is 314 g/mol. The summed E-state index contributed by atoms with van der Waals surface area (Å²) in [5.41, 5.74) is 0.493. The van der Waals surface area contributed by atoms with Crippen LogP contribution in [0.5, 0.6) is 5.75 Å². The Hall–Kier alpha value is -2.73. The topological polar surface area (TPSA) is 68.5 Å². The van der Waals surface area contributed by atoms with Gasteiger partial charge in [0.25, 0.3) is 0 Å². The number of fused-ring (bicyclic) bond motifs is 1. The number of rotatable bonds is 4. The number of hydrogen-bond donors (Lipinski definition) is 1. The van der Waals surface area contributed by atoms with Gasteiger partial charge in [-0.15, -0.1) is 0 Å². The van der Waals surface area contributed by atoms with E-state index in [1.165, 1.54) is 25.3 Å². The SMILES string of the molecule is C=Cc1c(S(=O)(=O)c2ccccc2)c2cc(OC)ccc2n1O. The number of hydrogen-bond acceptors (Lipinski definition) is 4. The molecule has 0 saturated heterocycles. The van der Waals surface area contributed by atoms with Crippen LogP contribution in [0.25, 0.3) is 17.0 Å². The molecule has 0 spiro atoms. The van der Waals surface area contributed by atoms with Crippen LogP contribution in [0.3, 0.4) is 0 Å². The van der Waals surface area contributed by atoms with Crippen LogP contribution < -0.4 is 4.74 Å². The highest BCUT2D eigenvalue weighted by molar-refractivity contribution is 7.91. The van der Waals surface area contributed by atoms with Crippen LogP contribution in [0, 0.1) is 0 Å². The van der Waals surface area contributed by atoms with E-state index in [0.717, 1.165) is 4.73 Å². The molecule has 0 fully saturated rings. The lowest BCUT2D eigenvalue weighted by Gasteiger charge is -2.05. The Morgan fingerprint density at radius 3 is 2.48 bits per heavy atom. The minimum Gasteiger partial charge on any atom is -0.497 e. The van der Waals surface area contributed by atoms with Crippen molar-refractivity contribution in [3.63, 3.8) is 0 Å². The van der Waals surface area contributed by atoms with E-state index in [4.69, 9.17) is 4.74 Å². The van der Waals surface area contributed by atoms with Gasteiger partial charge in [0, 0.05) is 5.39 Å². The molecule has 118 valence electrons. The van der Waals surface area contributed by atoms with Crippen molar-refractivity contribution in [1.82, 2.24) is 4.73 Å². The van der Waals surface area contributed by atoms with Gasteiger partial charge in [-0.3, -0.25) is 0 Å². The van der Waals surface area contributed by atoms with Crippen molar-refractivity contribution >= 4 is 26.8 Å². The zero-order valence-corrected chi connectivity index (χ0v) is 13.2. The number of methoxy groups -OCH3 is 1. The molecule has 1 aromatic heterocycles. The summed E-state index contributed by atoms with van der Waals surface area (Å²) in [7, 11) is -2.32. The van der Waals surface area contributed by atoms with Crippen LogP contribution >= 0.6 is 0 Å². The van der Waals surface area contributed by atoms with Crippen molar-refractivity contribution in [3.8, 4) is 5.75 Å². The Kier molecular flexibility index (Phi) is 3.61. The normalized spacial score (nSPS) is 11.5. The van der Waals surface area contributed by atoms with Gasteiger partial charge in [0.05, 0.1) is 23.2 Å². The van der Waals surface area contributed by atoms with Gasteiger partial charge in [0.1, 0.15) is 10.6 Å². The summed E-state index contributed by atoms with van der Waals surface area (Å²) in [6, 6.07) is 12.9. The van der Waals surface area contributed by atoms with Crippen LogP contribution in [-0.4, -0.2) is 25.5 Å². The molecule has 5 nitrogen and oxygen atoms in total. The van der Waals surface area contributed by atoms with Crippen LogP contribution in [0.15, 0.2) is 64.9 Å². The van der Waals surface area contributed by atoms with Crippen molar-refractivity contribution in [2.24, 2.45) is 0 Å². The minimum atomic E-state index is -3.82. The van der Waals surface area contributed by atoms with Gasteiger partial charge in [-0.1, -0.05) is 24.8 Å². The smallest absolute Gasteiger partial charge is 0.209 e. The predicted octanol–water partition coefficient (Wildman–Crippen LogP) is 3.36. The summed E-state index contributed by atoms with van der Waals surface area (Å²) in [6.07, 6.45) is 1.32. The van der Waals surface area contributed by atoms with Crippen LogP contribution in [0.1, 0.15) is 5.69 Å². The molecule has 3 rings (SSSR count). The van der Waals surface area contributed by atoms with Gasteiger partial charge >= 0.3 is 0 Å². The molecular formula is C17H15NO4S. The Labute approximate surface area is 133 Å². The fraction of sp³-hybridized carbons (Fsp3) is 0.0588. The lowest BCUT2D eigenvalue weighted by atomic mass is 10.2. The number of nitrogens with zero attached hydrogens (tertiary/aromatic N) is 1. The maximum Gasteiger partial charge on any atom is 0.209 e. The number of benzene rings is 2. The van der Waals surface area contributed by atoms with E-state index in [2.05, 4.69) is 6.58 Å². The number of sulfone groups is 1. The molecule has 0 aliphatic rings. The molecule has 23 heavy (non-hydrogen) atoms. The van der Waals surface area contributed by atoms with Gasteiger partial charge < -0.3 is 9.94 Å². The van der Waals surface area contributed by atoms with Gasteiger partial charge in [-0.25, -0.2) is 8.42 Å². The number of ether oxygens (including phenoxy) is 1. The fourth-order valence-corrected chi connectivity index (χ4v) is 4.20. The molecule has 0 radical (unpaired) electrons. The monoisotopic (exact) mass is 329 g/mol. The molecule has 0 aliphatic heterocycles. The van der Waals surface area contributed by atoms with E-state index in [1.54, 1.807) is 36.4 Å². The Balaban J connectivity index is 2.42. The quantitative estimate of drug-likeness (QED) is 0.745. The Morgan fingerprint density at radius 1 is 1.17 bits per heavy atom. The highest BCUT2D eigenvalue weighted by atomic mass is 32.2. The van der Waals surface area contributed by atoms with E-state index in [1.807, 2.05) is 0 Å². The maximum atomic E-state index is 13.0. The molecule has 0 bridgehead atoms. The van der Waals surface area contributed by atoms with Gasteiger partial charge in [0.15, 0.2) is 0 Å². The standard InChI is InChI=1S/C17H15NO4S/c1-3-15-17(23(20,21)13-7-5-4-6-8-13)14-11-12(22-2)9-10-16(14)18(15)19/h3-11,19H,1H2,2H3. The summed E-state index contributed by atoms with van der Waals surface area (Å²) < 4.78 is 32.1. The largest absolute Gasteiger partial charge is 0.497 e. The second kappa shape index (κ2) is 5.48. The molecule has 3 aromatic rings. The van der Waals surface area contributed by atoms with Crippen molar-refractivity contribution in [2.45, 2.75) is 9.79 Å². The maximum absolute atomic E-state index is 13.0. The second-order valence-corrected chi connectivity index (χ2v) is 6.82. The summed E-state index contributed by atoms with van der Waals surface area (Å²) in [5, 5.41) is 10.7. The van der Waals surface area contributed by atoms with Gasteiger partial charge in [0.2, 0.25) is 9.84 Å². The molecule has 0 atom stereocenters. The second-order valence-electron chi connectivity index (χ2n) is 4.93. The number of aromatic nitrogens is 1. The molecule has 0 unspecified atom stereocenters. The first-order valence-corrected chi connectivity index (χ1v) is 8.33. The van der Waals surface area contributed by atoms with E-state index in [-0.39, 0.29) is 15.5 Å². The first-order chi connectivity index (χ1) is 11.0. The molecule has 0 saturated carbocycles. The van der Waals surface area contributed by atoms with Crippen molar-refractivity contribution in [1.29, 1.82) is 0 Å². The lowest BCUT2D eigenvalue weighted by molar-refractivity contribution is 0.196. The summed E-state index contributed by atoms with van der Waals surface area (Å²) in [6.45, 7) is 3.62. The van der Waals surface area contributed by atoms with Crippen molar-refractivity contribution in [2.75, 3.05) is 7.11 Å². The molecule has 0 aliphatic carbocycles. The zero-order valence-electron chi connectivity index (χ0n) is 12.4. The van der Waals surface area contributed by atoms with E-state index >= 15 is 0 Å². The first-order valence-electron chi connectivity index (χ1n) is 6.85. The average Bonchev–Trinajstić information content (AvgIpc) is 2.87. The first kappa shape index (κ1) is 15.2. The van der Waals surface area contributed by atoms with Gasteiger partial charge in [-0.2, -0.15) is 4.73 Å². The van der Waals surface area contributed by atoms with E-state index in [0.29, 0.717) is 16.7 Å². The molecule has 1 heterocycles. The fourth-order valence-electron chi connectivity index (χ4n) is 2.55. The van der Waals surface area contributed by atoms with Crippen LogP contribution in [0.2, 0.25) is 0 Å². The third kappa shape index (κ3) is 2.27. The van der Waals surface area contributed by atoms with E-state index in [9.17, 15) is 13.6 Å². The average molecular weight is 329 g/mol. The van der Waals surface area contributed by atoms with Crippen LogP contribution in [0.4, 0.5) is 0 Å². The summed E-state index contributed by atoms with van der Waals surface area (Å²) in [5.74, 6) is 0.503. The molecule has 0 amide bonds. The molecule has 2 aromatic carbocycles. The van der Waals surface area contributed by atoms with Gasteiger partial charge in [-0.05, 0) is 36.4 Å².